The van der Waals surface area contributed by atoms with Gasteiger partial charge in [0.15, 0.2) is 0 Å². The fraction of sp³-hybridized carbons (Fsp3) is 0.875. The van der Waals surface area contributed by atoms with Crippen molar-refractivity contribution in [3.05, 3.63) is 0 Å². The highest BCUT2D eigenvalue weighted by Gasteiger charge is 2.03. The second kappa shape index (κ2) is 8.34. The maximum Gasteiger partial charge on any atom is 0.327 e. The summed E-state index contributed by atoms with van der Waals surface area (Å²) in [6.45, 7) is 4.37. The van der Waals surface area contributed by atoms with E-state index in [1.807, 2.05) is 5.59 Å². The number of nitrogens with two attached hydrogens (primary N) is 1. The lowest BCUT2D eigenvalue weighted by atomic mass is 10.2. The molecule has 0 amide bonds. The van der Waals surface area contributed by atoms with Crippen LogP contribution in [0.3, 0.4) is 0 Å². The molecule has 0 spiro atoms. The Morgan fingerprint density at radius 1 is 1.69 bits per heavy atom. The first kappa shape index (κ1) is 12.7. The topological polar surface area (TPSA) is 64.3 Å². The molecule has 0 aromatic heterocycles. The van der Waals surface area contributed by atoms with Gasteiger partial charge in [0.2, 0.25) is 0 Å². The van der Waals surface area contributed by atoms with Crippen LogP contribution in [0.2, 0.25) is 0 Å². The van der Waals surface area contributed by atoms with Gasteiger partial charge in [-0.15, -0.1) is 0 Å². The second-order valence-electron chi connectivity index (χ2n) is 2.93. The standard InChI is InChI=1S/C8H18N2O2S/c1-3-7(2)6-13-5-4-8(11)12-10-9/h7,10H,3-6,9H2,1-2H3. The second-order valence-corrected chi connectivity index (χ2v) is 4.08. The number of carbonyl (C=O) groups excluding carboxylic acids is 1. The molecule has 0 aliphatic carbocycles. The van der Waals surface area contributed by atoms with E-state index in [9.17, 15) is 4.79 Å². The van der Waals surface area contributed by atoms with E-state index in [4.69, 9.17) is 5.84 Å². The lowest BCUT2D eigenvalue weighted by molar-refractivity contribution is -0.150. The van der Waals surface area contributed by atoms with E-state index >= 15 is 0 Å². The van der Waals surface area contributed by atoms with Crippen LogP contribution in [0.15, 0.2) is 0 Å². The summed E-state index contributed by atoms with van der Waals surface area (Å²) < 4.78 is 0. The van der Waals surface area contributed by atoms with Gasteiger partial charge in [-0.25, -0.2) is 5.84 Å². The Kier molecular flexibility index (Phi) is 8.18. The molecular weight excluding hydrogens is 188 g/mol. The van der Waals surface area contributed by atoms with E-state index in [0.717, 1.165) is 11.5 Å². The summed E-state index contributed by atoms with van der Waals surface area (Å²) in [6.07, 6.45) is 1.59. The number of hydrogen-bond acceptors (Lipinski definition) is 5. The maximum atomic E-state index is 10.8. The van der Waals surface area contributed by atoms with Crippen LogP contribution in [0.25, 0.3) is 0 Å². The number of rotatable bonds is 7. The van der Waals surface area contributed by atoms with Crippen molar-refractivity contribution < 1.29 is 9.63 Å². The summed E-state index contributed by atoms with van der Waals surface area (Å²) in [4.78, 5) is 15.1. The van der Waals surface area contributed by atoms with Crippen molar-refractivity contribution in [2.45, 2.75) is 26.7 Å². The van der Waals surface area contributed by atoms with E-state index in [1.165, 1.54) is 6.42 Å². The summed E-state index contributed by atoms with van der Waals surface area (Å²) in [7, 11) is 0. The minimum atomic E-state index is -0.306. The van der Waals surface area contributed by atoms with Crippen molar-refractivity contribution in [3.8, 4) is 0 Å². The SMILES string of the molecule is CCC(C)CSCCC(=O)ONN. The first-order valence-electron chi connectivity index (χ1n) is 4.43. The quantitative estimate of drug-likeness (QED) is 0.371. The molecule has 0 aliphatic rings. The predicted molar refractivity (Wildman–Crippen MR) is 54.8 cm³/mol. The Balaban J connectivity index is 3.20. The van der Waals surface area contributed by atoms with Gasteiger partial charge in [0, 0.05) is 5.75 Å². The first-order valence-corrected chi connectivity index (χ1v) is 5.59. The maximum absolute atomic E-state index is 10.8. The average molecular weight is 206 g/mol. The first-order chi connectivity index (χ1) is 6.20. The zero-order valence-corrected chi connectivity index (χ0v) is 9.02. The van der Waals surface area contributed by atoms with Crippen LogP contribution in [-0.2, 0) is 9.63 Å². The molecule has 5 heteroatoms. The summed E-state index contributed by atoms with van der Waals surface area (Å²) in [5.74, 6) is 7.11. The zero-order valence-electron chi connectivity index (χ0n) is 8.21. The average Bonchev–Trinajstić information content (AvgIpc) is 2.12. The number of thioether (sulfide) groups is 1. The lowest BCUT2D eigenvalue weighted by Crippen LogP contribution is -2.26. The minimum Gasteiger partial charge on any atom is -0.356 e. The molecule has 0 aliphatic heterocycles. The van der Waals surface area contributed by atoms with Crippen LogP contribution in [0.5, 0.6) is 0 Å². The molecule has 1 atom stereocenters. The highest BCUT2D eigenvalue weighted by atomic mass is 32.2. The lowest BCUT2D eigenvalue weighted by Gasteiger charge is -2.06. The normalized spacial score (nSPS) is 12.5. The molecule has 0 heterocycles. The summed E-state index contributed by atoms with van der Waals surface area (Å²) in [5, 5.41) is 0. The van der Waals surface area contributed by atoms with Crippen LogP contribution < -0.4 is 11.4 Å². The fourth-order valence-corrected chi connectivity index (χ4v) is 1.79. The molecule has 78 valence electrons. The Labute approximate surface area is 83.5 Å². The van der Waals surface area contributed by atoms with Crippen LogP contribution >= 0.6 is 11.8 Å². The predicted octanol–water partition coefficient (Wildman–Crippen LogP) is 1.08. The van der Waals surface area contributed by atoms with Crippen LogP contribution in [-0.4, -0.2) is 17.5 Å². The fourth-order valence-electron chi connectivity index (χ4n) is 0.675. The Morgan fingerprint density at radius 2 is 2.38 bits per heavy atom. The van der Waals surface area contributed by atoms with Gasteiger partial charge in [-0.2, -0.15) is 11.8 Å². The molecule has 4 nitrogen and oxygen atoms in total. The van der Waals surface area contributed by atoms with Gasteiger partial charge in [-0.3, -0.25) is 4.79 Å². The van der Waals surface area contributed by atoms with E-state index in [0.29, 0.717) is 12.3 Å². The Hall–Kier alpha value is -0.260. The van der Waals surface area contributed by atoms with Crippen molar-refractivity contribution in [2.75, 3.05) is 11.5 Å². The van der Waals surface area contributed by atoms with Gasteiger partial charge in [0.25, 0.3) is 0 Å². The Morgan fingerprint density at radius 3 is 2.92 bits per heavy atom. The molecule has 0 saturated heterocycles. The molecule has 13 heavy (non-hydrogen) atoms. The van der Waals surface area contributed by atoms with Gasteiger partial charge in [0.05, 0.1) is 6.42 Å². The summed E-state index contributed by atoms with van der Waals surface area (Å²) >= 11 is 1.77. The molecule has 0 aromatic rings. The number of hydrazine groups is 1. The molecule has 0 rings (SSSR count). The van der Waals surface area contributed by atoms with Crippen molar-refractivity contribution >= 4 is 17.7 Å². The molecular formula is C8H18N2O2S. The third-order valence-corrected chi connectivity index (χ3v) is 3.02. The molecule has 0 bridgehead atoms. The molecule has 3 N–H and O–H groups in total. The third-order valence-electron chi connectivity index (χ3n) is 1.72. The molecule has 0 saturated carbocycles. The van der Waals surface area contributed by atoms with Gasteiger partial charge in [-0.1, -0.05) is 25.9 Å². The van der Waals surface area contributed by atoms with Crippen molar-refractivity contribution in [1.82, 2.24) is 5.59 Å². The summed E-state index contributed by atoms with van der Waals surface area (Å²) in [5.41, 5.74) is 1.87. The smallest absolute Gasteiger partial charge is 0.327 e. The van der Waals surface area contributed by atoms with Crippen molar-refractivity contribution in [3.63, 3.8) is 0 Å². The van der Waals surface area contributed by atoms with Crippen LogP contribution in [0.4, 0.5) is 0 Å². The molecule has 0 fully saturated rings. The van der Waals surface area contributed by atoms with Crippen molar-refractivity contribution in [2.24, 2.45) is 11.8 Å². The highest BCUT2D eigenvalue weighted by Crippen LogP contribution is 2.11. The van der Waals surface area contributed by atoms with E-state index in [-0.39, 0.29) is 5.97 Å². The molecule has 1 unspecified atom stereocenters. The van der Waals surface area contributed by atoms with Gasteiger partial charge in [0.1, 0.15) is 0 Å². The van der Waals surface area contributed by atoms with Gasteiger partial charge >= 0.3 is 5.97 Å². The third kappa shape index (κ3) is 8.08. The van der Waals surface area contributed by atoms with Crippen LogP contribution in [0.1, 0.15) is 26.7 Å². The van der Waals surface area contributed by atoms with Gasteiger partial charge in [-0.05, 0) is 11.7 Å². The Bertz CT molecular complexity index is 144. The highest BCUT2D eigenvalue weighted by molar-refractivity contribution is 7.99. The van der Waals surface area contributed by atoms with E-state index in [1.54, 1.807) is 11.8 Å². The largest absolute Gasteiger partial charge is 0.356 e. The van der Waals surface area contributed by atoms with Gasteiger partial charge < -0.3 is 4.84 Å². The number of carbonyl (C=O) groups is 1. The zero-order chi connectivity index (χ0) is 10.1. The number of nitrogens with one attached hydrogen (secondary N) is 1. The van der Waals surface area contributed by atoms with Crippen molar-refractivity contribution in [1.29, 1.82) is 0 Å². The summed E-state index contributed by atoms with van der Waals surface area (Å²) in [6, 6.07) is 0. The minimum absolute atomic E-state index is 0.306. The molecule has 0 radical (unpaired) electrons. The van der Waals surface area contributed by atoms with E-state index in [2.05, 4.69) is 18.7 Å². The van der Waals surface area contributed by atoms with Crippen LogP contribution in [0, 0.1) is 5.92 Å². The van der Waals surface area contributed by atoms with E-state index < -0.39 is 0 Å². The molecule has 0 aromatic carbocycles. The monoisotopic (exact) mass is 206 g/mol. The number of hydrogen-bond donors (Lipinski definition) is 2.